The molecule has 0 N–H and O–H groups in total. The fourth-order valence-electron chi connectivity index (χ4n) is 1.14. The predicted octanol–water partition coefficient (Wildman–Crippen LogP) is 1.56. The molecule has 1 nitrogen and oxygen atoms in total. The summed E-state index contributed by atoms with van der Waals surface area (Å²) in [5.74, 6) is 0. The number of aromatic nitrogens is 1. The zero-order valence-electron chi connectivity index (χ0n) is 6.64. The van der Waals surface area contributed by atoms with Crippen LogP contribution in [0.3, 0.4) is 0 Å². The summed E-state index contributed by atoms with van der Waals surface area (Å²) >= 11 is 0. The van der Waals surface area contributed by atoms with Gasteiger partial charge in [0.1, 0.15) is 0 Å². The van der Waals surface area contributed by atoms with Crippen molar-refractivity contribution in [3.8, 4) is 11.3 Å². The normalized spacial score (nSPS) is 8.92. The molecule has 0 bridgehead atoms. The second kappa shape index (κ2) is 5.07. The number of pyridine rings is 1. The standard InChI is InChI=1S/C11H9N.In.3H/c1-2-6-10(7-3-1)11-8-4-5-9-12-11;;;;/h1-9H;;;;. The van der Waals surface area contributed by atoms with Crippen molar-refractivity contribution >= 4 is 25.8 Å². The van der Waals surface area contributed by atoms with Crippen molar-refractivity contribution in [3.05, 3.63) is 54.7 Å². The van der Waals surface area contributed by atoms with Crippen LogP contribution in [-0.4, -0.2) is 30.8 Å². The summed E-state index contributed by atoms with van der Waals surface area (Å²) in [6, 6.07) is 16.1. The molecule has 1 heterocycles. The van der Waals surface area contributed by atoms with Crippen LogP contribution < -0.4 is 0 Å². The third-order valence-corrected chi connectivity index (χ3v) is 1.73. The first kappa shape index (κ1) is 10.3. The van der Waals surface area contributed by atoms with Gasteiger partial charge in [-0.05, 0) is 12.1 Å². The quantitative estimate of drug-likeness (QED) is 0.768. The monoisotopic (exact) mass is 273 g/mol. The van der Waals surface area contributed by atoms with Gasteiger partial charge in [0, 0.05) is 11.8 Å². The summed E-state index contributed by atoms with van der Waals surface area (Å²) < 4.78 is 0. The Morgan fingerprint density at radius 3 is 2.08 bits per heavy atom. The largest absolute Gasteiger partial charge is 0.256 e. The van der Waals surface area contributed by atoms with Crippen molar-refractivity contribution in [3.63, 3.8) is 0 Å². The topological polar surface area (TPSA) is 12.9 Å². The fraction of sp³-hybridized carbons (Fsp3) is 0. The predicted molar refractivity (Wildman–Crippen MR) is 59.6 cm³/mol. The molecule has 2 aromatic rings. The first-order valence-corrected chi connectivity index (χ1v) is 3.93. The second-order valence-electron chi connectivity index (χ2n) is 2.58. The van der Waals surface area contributed by atoms with Crippen molar-refractivity contribution in [2.75, 3.05) is 0 Å². The van der Waals surface area contributed by atoms with E-state index in [4.69, 9.17) is 0 Å². The molecule has 0 fully saturated rings. The van der Waals surface area contributed by atoms with Crippen LogP contribution in [0, 0.1) is 0 Å². The summed E-state index contributed by atoms with van der Waals surface area (Å²) in [5.41, 5.74) is 2.19. The van der Waals surface area contributed by atoms with Crippen molar-refractivity contribution in [1.29, 1.82) is 0 Å². The van der Waals surface area contributed by atoms with E-state index in [1.165, 1.54) is 0 Å². The first-order chi connectivity index (χ1) is 5.97. The maximum absolute atomic E-state index is 4.25. The summed E-state index contributed by atoms with van der Waals surface area (Å²) in [6.45, 7) is 0. The minimum atomic E-state index is 0. The first-order valence-electron chi connectivity index (χ1n) is 3.93. The SMILES string of the molecule is [InH3].c1ccc(-c2ccccn2)cc1. The Hall–Kier alpha value is -0.760. The third-order valence-electron chi connectivity index (χ3n) is 1.73. The number of benzene rings is 1. The molecule has 0 spiro atoms. The van der Waals surface area contributed by atoms with Gasteiger partial charge in [-0.3, -0.25) is 4.98 Å². The van der Waals surface area contributed by atoms with E-state index < -0.39 is 0 Å². The molecule has 13 heavy (non-hydrogen) atoms. The van der Waals surface area contributed by atoms with Gasteiger partial charge in [-0.1, -0.05) is 36.4 Å². The van der Waals surface area contributed by atoms with E-state index in [0.29, 0.717) is 0 Å². The average Bonchev–Trinajstić information content (AvgIpc) is 2.21. The van der Waals surface area contributed by atoms with Gasteiger partial charge in [-0.15, -0.1) is 0 Å². The van der Waals surface area contributed by atoms with Crippen LogP contribution in [0.1, 0.15) is 0 Å². The van der Waals surface area contributed by atoms with E-state index in [1.807, 2.05) is 42.6 Å². The van der Waals surface area contributed by atoms with Crippen molar-refractivity contribution in [2.45, 2.75) is 0 Å². The van der Waals surface area contributed by atoms with Crippen LogP contribution in [-0.2, 0) is 0 Å². The van der Waals surface area contributed by atoms with Crippen molar-refractivity contribution in [2.24, 2.45) is 0 Å². The Kier molecular flexibility index (Phi) is 4.03. The molecule has 0 atom stereocenters. The third kappa shape index (κ3) is 2.59. The maximum atomic E-state index is 4.25. The van der Waals surface area contributed by atoms with Gasteiger partial charge >= 0.3 is 25.8 Å². The summed E-state index contributed by atoms with van der Waals surface area (Å²) in [4.78, 5) is 4.25. The average molecular weight is 273 g/mol. The molecule has 0 aliphatic carbocycles. The van der Waals surface area contributed by atoms with Crippen molar-refractivity contribution < 1.29 is 0 Å². The van der Waals surface area contributed by atoms with Crippen LogP contribution in [0.25, 0.3) is 11.3 Å². The molecule has 64 valence electrons. The Morgan fingerprint density at radius 2 is 1.46 bits per heavy atom. The van der Waals surface area contributed by atoms with E-state index >= 15 is 0 Å². The van der Waals surface area contributed by atoms with Gasteiger partial charge in [0.2, 0.25) is 0 Å². The van der Waals surface area contributed by atoms with Gasteiger partial charge in [-0.2, -0.15) is 0 Å². The van der Waals surface area contributed by atoms with Crippen LogP contribution in [0.4, 0.5) is 0 Å². The van der Waals surface area contributed by atoms with Crippen LogP contribution in [0.15, 0.2) is 54.7 Å². The zero-order valence-corrected chi connectivity index (χ0v) is 6.64. The number of nitrogens with zero attached hydrogens (tertiary/aromatic N) is 1. The molecular formula is C11H12InN. The summed E-state index contributed by atoms with van der Waals surface area (Å²) in [7, 11) is 0. The van der Waals surface area contributed by atoms with Crippen LogP contribution >= 0.6 is 0 Å². The Morgan fingerprint density at radius 1 is 0.769 bits per heavy atom. The van der Waals surface area contributed by atoms with Crippen molar-refractivity contribution in [1.82, 2.24) is 4.98 Å². The molecule has 1 aromatic heterocycles. The van der Waals surface area contributed by atoms with Gasteiger partial charge < -0.3 is 0 Å². The molecule has 0 saturated heterocycles. The Bertz CT molecular complexity index is 307. The van der Waals surface area contributed by atoms with Crippen LogP contribution in [0.2, 0.25) is 0 Å². The Balaban J connectivity index is 0.000000845. The fourth-order valence-corrected chi connectivity index (χ4v) is 1.14. The van der Waals surface area contributed by atoms with E-state index in [1.54, 1.807) is 0 Å². The number of rotatable bonds is 1. The smallest absolute Gasteiger partial charge is 0.0701 e. The summed E-state index contributed by atoms with van der Waals surface area (Å²) in [5, 5.41) is 0. The van der Waals surface area contributed by atoms with E-state index in [-0.39, 0.29) is 25.8 Å². The Labute approximate surface area is 96.6 Å². The van der Waals surface area contributed by atoms with Gasteiger partial charge in [-0.25, -0.2) is 0 Å². The molecule has 0 amide bonds. The van der Waals surface area contributed by atoms with E-state index in [9.17, 15) is 0 Å². The molecule has 1 aromatic carbocycles. The van der Waals surface area contributed by atoms with E-state index in [0.717, 1.165) is 11.3 Å². The van der Waals surface area contributed by atoms with Gasteiger partial charge in [0.05, 0.1) is 5.69 Å². The molecule has 0 aliphatic rings. The maximum Gasteiger partial charge on any atom is 0.0701 e. The minimum absolute atomic E-state index is 0. The molecule has 2 rings (SSSR count). The molecule has 0 aliphatic heterocycles. The van der Waals surface area contributed by atoms with Gasteiger partial charge in [0.15, 0.2) is 0 Å². The number of hydrogen-bond acceptors (Lipinski definition) is 1. The van der Waals surface area contributed by atoms with Crippen LogP contribution in [0.5, 0.6) is 0 Å². The molecule has 0 saturated carbocycles. The van der Waals surface area contributed by atoms with Gasteiger partial charge in [0.25, 0.3) is 0 Å². The van der Waals surface area contributed by atoms with E-state index in [2.05, 4.69) is 17.1 Å². The second-order valence-corrected chi connectivity index (χ2v) is 2.58. The molecule has 2 heteroatoms. The molecule has 0 unspecified atom stereocenters. The zero-order chi connectivity index (χ0) is 8.23. The number of hydrogen-bond donors (Lipinski definition) is 0. The molecule has 0 radical (unpaired) electrons. The minimum Gasteiger partial charge on any atom is -0.256 e. The molecular weight excluding hydrogens is 261 g/mol. The summed E-state index contributed by atoms with van der Waals surface area (Å²) in [6.07, 6.45) is 1.81.